The molecule has 0 saturated heterocycles. The van der Waals surface area contributed by atoms with Crippen LogP contribution in [0.4, 0.5) is 0 Å². The minimum absolute atomic E-state index is 0.0297. The molecule has 76 valence electrons. The Morgan fingerprint density at radius 3 is 2.69 bits per heavy atom. The molecule has 1 saturated carbocycles. The van der Waals surface area contributed by atoms with Crippen molar-refractivity contribution in [2.45, 2.75) is 45.3 Å². The van der Waals surface area contributed by atoms with Crippen LogP contribution in [0.5, 0.6) is 0 Å². The molecule has 3 atom stereocenters. The number of carbonyl (C=O) groups excluding carboxylic acids is 1. The van der Waals surface area contributed by atoms with Crippen LogP contribution < -0.4 is 5.48 Å². The molecule has 4 heteroatoms. The molecule has 2 unspecified atom stereocenters. The van der Waals surface area contributed by atoms with Gasteiger partial charge in [-0.3, -0.25) is 4.79 Å². The van der Waals surface area contributed by atoms with Crippen LogP contribution in [0.25, 0.3) is 0 Å². The molecule has 0 aromatic rings. The molecule has 0 aliphatic heterocycles. The lowest BCUT2D eigenvalue weighted by atomic mass is 9.85. The summed E-state index contributed by atoms with van der Waals surface area (Å²) in [5, 5.41) is 8.72. The van der Waals surface area contributed by atoms with Crippen molar-refractivity contribution in [3.8, 4) is 0 Å². The first kappa shape index (κ1) is 10.5. The molecule has 2 N–H and O–H groups in total. The number of ether oxygens (including phenoxy) is 1. The first-order chi connectivity index (χ1) is 6.13. The molecule has 1 aliphatic carbocycles. The van der Waals surface area contributed by atoms with E-state index < -0.39 is 0 Å². The highest BCUT2D eigenvalue weighted by Gasteiger charge is 2.29. The minimum Gasteiger partial charge on any atom is -0.462 e. The summed E-state index contributed by atoms with van der Waals surface area (Å²) in [5.74, 6) is 0.106. The summed E-state index contributed by atoms with van der Waals surface area (Å²) in [6.45, 7) is 3.47. The van der Waals surface area contributed by atoms with Crippen molar-refractivity contribution in [2.24, 2.45) is 5.92 Å². The van der Waals surface area contributed by atoms with Gasteiger partial charge in [0, 0.05) is 13.0 Å². The molecule has 1 aliphatic rings. The van der Waals surface area contributed by atoms with Gasteiger partial charge in [0.1, 0.15) is 6.10 Å². The maximum absolute atomic E-state index is 10.7. The Kier molecular flexibility index (Phi) is 3.69. The van der Waals surface area contributed by atoms with Crippen LogP contribution in [0, 0.1) is 5.92 Å². The van der Waals surface area contributed by atoms with Gasteiger partial charge >= 0.3 is 5.97 Å². The fourth-order valence-electron chi connectivity index (χ4n) is 1.87. The van der Waals surface area contributed by atoms with E-state index in [1.807, 2.05) is 6.92 Å². The summed E-state index contributed by atoms with van der Waals surface area (Å²) >= 11 is 0. The molecule has 1 rings (SSSR count). The van der Waals surface area contributed by atoms with Crippen molar-refractivity contribution in [2.75, 3.05) is 0 Å². The average Bonchev–Trinajstić information content (AvgIpc) is 2.08. The topological polar surface area (TPSA) is 58.6 Å². The summed E-state index contributed by atoms with van der Waals surface area (Å²) in [5.41, 5.74) is 2.27. The number of hydroxylamine groups is 1. The molecule has 0 aromatic carbocycles. The van der Waals surface area contributed by atoms with Crippen molar-refractivity contribution in [1.82, 2.24) is 5.48 Å². The van der Waals surface area contributed by atoms with E-state index >= 15 is 0 Å². The van der Waals surface area contributed by atoms with E-state index in [0.717, 1.165) is 19.3 Å². The Bertz CT molecular complexity index is 184. The summed E-state index contributed by atoms with van der Waals surface area (Å²) < 4.78 is 5.15. The van der Waals surface area contributed by atoms with Gasteiger partial charge in [-0.25, -0.2) is 5.48 Å². The van der Waals surface area contributed by atoms with E-state index in [2.05, 4.69) is 5.48 Å². The van der Waals surface area contributed by atoms with Gasteiger partial charge in [-0.15, -0.1) is 0 Å². The molecular formula is C9H17NO3. The lowest BCUT2D eigenvalue weighted by Gasteiger charge is -2.32. The predicted octanol–water partition coefficient (Wildman–Crippen LogP) is 1.09. The smallest absolute Gasteiger partial charge is 0.302 e. The van der Waals surface area contributed by atoms with Crippen molar-refractivity contribution in [1.29, 1.82) is 0 Å². The Morgan fingerprint density at radius 2 is 2.23 bits per heavy atom. The van der Waals surface area contributed by atoms with Gasteiger partial charge in [0.15, 0.2) is 0 Å². The SMILES string of the molecule is CC(=O)OC1CCC(NO)C[C@H]1C. The molecule has 1 fully saturated rings. The molecular weight excluding hydrogens is 170 g/mol. The molecule has 0 amide bonds. The van der Waals surface area contributed by atoms with Gasteiger partial charge in [-0.1, -0.05) is 6.92 Å². The van der Waals surface area contributed by atoms with E-state index in [0.29, 0.717) is 5.92 Å². The van der Waals surface area contributed by atoms with Crippen LogP contribution in [0.1, 0.15) is 33.1 Å². The van der Waals surface area contributed by atoms with Gasteiger partial charge in [-0.2, -0.15) is 0 Å². The van der Waals surface area contributed by atoms with Gasteiger partial charge in [0.05, 0.1) is 0 Å². The van der Waals surface area contributed by atoms with Crippen molar-refractivity contribution < 1.29 is 14.7 Å². The molecule has 0 spiro atoms. The Balaban J connectivity index is 2.39. The van der Waals surface area contributed by atoms with E-state index in [-0.39, 0.29) is 18.1 Å². The second kappa shape index (κ2) is 4.58. The molecule has 0 radical (unpaired) electrons. The lowest BCUT2D eigenvalue weighted by Crippen LogP contribution is -2.39. The highest BCUT2D eigenvalue weighted by atomic mass is 16.5. The highest BCUT2D eigenvalue weighted by molar-refractivity contribution is 5.66. The quantitative estimate of drug-likeness (QED) is 0.502. The molecule has 0 heterocycles. The number of esters is 1. The summed E-state index contributed by atoms with van der Waals surface area (Å²) in [6, 6.07) is 0.154. The fraction of sp³-hybridized carbons (Fsp3) is 0.889. The van der Waals surface area contributed by atoms with Crippen LogP contribution >= 0.6 is 0 Å². The molecule has 13 heavy (non-hydrogen) atoms. The number of nitrogens with one attached hydrogen (secondary N) is 1. The van der Waals surface area contributed by atoms with Crippen molar-refractivity contribution in [3.05, 3.63) is 0 Å². The van der Waals surface area contributed by atoms with E-state index in [9.17, 15) is 4.79 Å². The zero-order valence-electron chi connectivity index (χ0n) is 8.12. The first-order valence-electron chi connectivity index (χ1n) is 4.70. The monoisotopic (exact) mass is 187 g/mol. The van der Waals surface area contributed by atoms with Crippen LogP contribution in [-0.4, -0.2) is 23.3 Å². The molecule has 4 nitrogen and oxygen atoms in total. The first-order valence-corrected chi connectivity index (χ1v) is 4.70. The second-order valence-corrected chi connectivity index (χ2v) is 3.76. The summed E-state index contributed by atoms with van der Waals surface area (Å²) in [6.07, 6.45) is 2.58. The molecule has 0 bridgehead atoms. The third kappa shape index (κ3) is 2.97. The Labute approximate surface area is 78.2 Å². The standard InChI is InChI=1S/C9H17NO3/c1-6-5-8(10-12)3-4-9(6)13-7(2)11/h6,8-10,12H,3-5H2,1-2H3/t6-,8?,9?/m1/s1. The predicted molar refractivity (Wildman–Crippen MR) is 47.3 cm³/mol. The van der Waals surface area contributed by atoms with E-state index in [4.69, 9.17) is 9.94 Å². The van der Waals surface area contributed by atoms with Gasteiger partial charge in [0.2, 0.25) is 0 Å². The Morgan fingerprint density at radius 1 is 1.54 bits per heavy atom. The van der Waals surface area contributed by atoms with Gasteiger partial charge in [-0.05, 0) is 25.2 Å². The lowest BCUT2D eigenvalue weighted by molar-refractivity contribution is -0.151. The van der Waals surface area contributed by atoms with E-state index in [1.54, 1.807) is 0 Å². The third-order valence-corrected chi connectivity index (χ3v) is 2.59. The van der Waals surface area contributed by atoms with Gasteiger partial charge in [0.25, 0.3) is 0 Å². The van der Waals surface area contributed by atoms with Crippen molar-refractivity contribution >= 4 is 5.97 Å². The zero-order valence-corrected chi connectivity index (χ0v) is 8.12. The summed E-state index contributed by atoms with van der Waals surface area (Å²) in [7, 11) is 0. The minimum atomic E-state index is -0.216. The highest BCUT2D eigenvalue weighted by Crippen LogP contribution is 2.26. The second-order valence-electron chi connectivity index (χ2n) is 3.76. The number of rotatable bonds is 2. The number of hydrogen-bond donors (Lipinski definition) is 2. The average molecular weight is 187 g/mol. The summed E-state index contributed by atoms with van der Waals surface area (Å²) in [4.78, 5) is 10.7. The number of carbonyl (C=O) groups is 1. The largest absolute Gasteiger partial charge is 0.462 e. The maximum Gasteiger partial charge on any atom is 0.302 e. The van der Waals surface area contributed by atoms with Crippen LogP contribution in [-0.2, 0) is 9.53 Å². The third-order valence-electron chi connectivity index (χ3n) is 2.59. The van der Waals surface area contributed by atoms with Crippen LogP contribution in [0.3, 0.4) is 0 Å². The zero-order chi connectivity index (χ0) is 9.84. The fourth-order valence-corrected chi connectivity index (χ4v) is 1.87. The molecule has 0 aromatic heterocycles. The van der Waals surface area contributed by atoms with E-state index in [1.165, 1.54) is 6.92 Å². The Hall–Kier alpha value is -0.610. The maximum atomic E-state index is 10.7. The van der Waals surface area contributed by atoms with Crippen LogP contribution in [0.2, 0.25) is 0 Å². The van der Waals surface area contributed by atoms with Crippen molar-refractivity contribution in [3.63, 3.8) is 0 Å². The van der Waals surface area contributed by atoms with Crippen LogP contribution in [0.15, 0.2) is 0 Å². The normalized spacial score (nSPS) is 34.2. The van der Waals surface area contributed by atoms with Gasteiger partial charge < -0.3 is 9.94 Å². The number of hydrogen-bond acceptors (Lipinski definition) is 4.